The van der Waals surface area contributed by atoms with Crippen LogP contribution < -0.4 is 5.32 Å². The lowest BCUT2D eigenvalue weighted by atomic mass is 9.98. The molecule has 0 radical (unpaired) electrons. The highest BCUT2D eigenvalue weighted by Crippen LogP contribution is 2.22. The fourth-order valence-corrected chi connectivity index (χ4v) is 3.27. The molecular weight excluding hydrogens is 286 g/mol. The van der Waals surface area contributed by atoms with E-state index >= 15 is 0 Å². The van der Waals surface area contributed by atoms with Gasteiger partial charge in [-0.15, -0.1) is 11.3 Å². The molecule has 0 atom stereocenters. The first-order chi connectivity index (χ1) is 9.69. The second-order valence-electron chi connectivity index (χ2n) is 6.12. The number of hydrogen-bond donors (Lipinski definition) is 2. The minimum absolute atomic E-state index is 0.00464. The van der Waals surface area contributed by atoms with Gasteiger partial charge in [-0.05, 0) is 58.6 Å². The van der Waals surface area contributed by atoms with Crippen LogP contribution in [-0.4, -0.2) is 22.5 Å². The molecule has 0 saturated heterocycles. The van der Waals surface area contributed by atoms with Crippen molar-refractivity contribution in [2.45, 2.75) is 65.3 Å². The van der Waals surface area contributed by atoms with Crippen molar-refractivity contribution in [1.29, 1.82) is 0 Å². The van der Waals surface area contributed by atoms with Gasteiger partial charge in [0.05, 0.1) is 0 Å². The number of aliphatic carboxylic acids is 1. The lowest BCUT2D eigenvalue weighted by molar-refractivity contribution is -0.137. The van der Waals surface area contributed by atoms with E-state index in [4.69, 9.17) is 5.11 Å². The Hall–Kier alpha value is -1.36. The second-order valence-corrected chi connectivity index (χ2v) is 7.58. The van der Waals surface area contributed by atoms with Gasteiger partial charge >= 0.3 is 5.97 Å². The van der Waals surface area contributed by atoms with Gasteiger partial charge in [0.2, 0.25) is 5.91 Å². The van der Waals surface area contributed by atoms with Crippen molar-refractivity contribution < 1.29 is 14.7 Å². The van der Waals surface area contributed by atoms with E-state index in [9.17, 15) is 9.59 Å². The summed E-state index contributed by atoms with van der Waals surface area (Å²) in [5.74, 6) is -0.837. The van der Waals surface area contributed by atoms with Crippen LogP contribution in [-0.2, 0) is 16.0 Å². The lowest BCUT2D eigenvalue weighted by Crippen LogP contribution is -2.43. The van der Waals surface area contributed by atoms with Crippen molar-refractivity contribution >= 4 is 23.2 Å². The zero-order chi connectivity index (χ0) is 16.0. The minimum Gasteiger partial charge on any atom is -0.481 e. The number of amides is 1. The summed E-state index contributed by atoms with van der Waals surface area (Å²) in [6.07, 6.45) is 2.72. The van der Waals surface area contributed by atoms with Gasteiger partial charge in [0, 0.05) is 28.1 Å². The van der Waals surface area contributed by atoms with Crippen LogP contribution in [0.1, 0.15) is 54.8 Å². The first-order valence-electron chi connectivity index (χ1n) is 7.28. The molecule has 0 aliphatic carbocycles. The van der Waals surface area contributed by atoms with Crippen LogP contribution in [0, 0.1) is 13.8 Å². The number of thiophene rings is 1. The van der Waals surface area contributed by atoms with Gasteiger partial charge in [-0.2, -0.15) is 0 Å². The number of carboxylic acid groups (broad SMARTS) is 1. The Labute approximate surface area is 130 Å². The summed E-state index contributed by atoms with van der Waals surface area (Å²) < 4.78 is 0. The predicted molar refractivity (Wildman–Crippen MR) is 85.8 cm³/mol. The summed E-state index contributed by atoms with van der Waals surface area (Å²) in [5.41, 5.74) is 0.861. The fraction of sp³-hybridized carbons (Fsp3) is 0.625. The van der Waals surface area contributed by atoms with Crippen LogP contribution in [0.15, 0.2) is 6.07 Å². The van der Waals surface area contributed by atoms with Crippen LogP contribution in [0.4, 0.5) is 0 Å². The maximum absolute atomic E-state index is 11.9. The molecule has 0 saturated carbocycles. The second kappa shape index (κ2) is 7.59. The molecule has 0 fully saturated rings. The average Bonchev–Trinajstić information content (AvgIpc) is 2.65. The summed E-state index contributed by atoms with van der Waals surface area (Å²) in [6, 6.07) is 2.19. The standard InChI is InChI=1S/C16H25NO3S/c1-11-10-13(12(2)21-11)6-5-7-14(18)17-16(3,4)9-8-15(19)20/h10H,5-9H2,1-4H3,(H,17,18)(H,19,20). The molecule has 1 aromatic heterocycles. The van der Waals surface area contributed by atoms with Crippen LogP contribution in [0.3, 0.4) is 0 Å². The molecule has 0 aliphatic heterocycles. The summed E-state index contributed by atoms with van der Waals surface area (Å²) in [4.78, 5) is 25.1. The monoisotopic (exact) mass is 311 g/mol. The highest BCUT2D eigenvalue weighted by atomic mass is 32.1. The zero-order valence-corrected chi connectivity index (χ0v) is 14.1. The SMILES string of the molecule is Cc1cc(CCCC(=O)NC(C)(C)CCC(=O)O)c(C)s1. The molecule has 1 rings (SSSR count). The van der Waals surface area contributed by atoms with E-state index in [1.807, 2.05) is 13.8 Å². The summed E-state index contributed by atoms with van der Waals surface area (Å²) in [6.45, 7) is 7.93. The lowest BCUT2D eigenvalue weighted by Gasteiger charge is -2.25. The first-order valence-corrected chi connectivity index (χ1v) is 8.10. The summed E-state index contributed by atoms with van der Waals surface area (Å²) >= 11 is 1.79. The van der Waals surface area contributed by atoms with Crippen molar-refractivity contribution in [2.75, 3.05) is 0 Å². The summed E-state index contributed by atoms with van der Waals surface area (Å²) in [7, 11) is 0. The normalized spacial score (nSPS) is 11.4. The molecule has 4 nitrogen and oxygen atoms in total. The molecule has 0 spiro atoms. The van der Waals surface area contributed by atoms with Gasteiger partial charge in [0.25, 0.3) is 0 Å². The van der Waals surface area contributed by atoms with Crippen LogP contribution in [0.25, 0.3) is 0 Å². The molecule has 5 heteroatoms. The number of nitrogens with one attached hydrogen (secondary N) is 1. The Kier molecular flexibility index (Phi) is 6.40. The number of rotatable bonds is 8. The predicted octanol–water partition coefficient (Wildman–Crippen LogP) is 3.45. The molecule has 0 aliphatic rings. The van der Waals surface area contributed by atoms with E-state index in [1.54, 1.807) is 11.3 Å². The number of carboxylic acids is 1. The maximum atomic E-state index is 11.9. The molecule has 21 heavy (non-hydrogen) atoms. The molecule has 1 amide bonds. The van der Waals surface area contributed by atoms with Crippen molar-refractivity contribution in [3.05, 3.63) is 21.4 Å². The fourth-order valence-electron chi connectivity index (χ4n) is 2.29. The molecule has 0 aromatic carbocycles. The van der Waals surface area contributed by atoms with E-state index < -0.39 is 11.5 Å². The van der Waals surface area contributed by atoms with E-state index in [0.29, 0.717) is 12.8 Å². The van der Waals surface area contributed by atoms with Crippen LogP contribution in [0.2, 0.25) is 0 Å². The van der Waals surface area contributed by atoms with E-state index in [1.165, 1.54) is 15.3 Å². The first kappa shape index (κ1) is 17.7. The van der Waals surface area contributed by atoms with Gasteiger partial charge < -0.3 is 10.4 Å². The van der Waals surface area contributed by atoms with E-state index in [0.717, 1.165) is 12.8 Å². The molecule has 0 bridgehead atoms. The van der Waals surface area contributed by atoms with Crippen molar-refractivity contribution in [2.24, 2.45) is 0 Å². The quantitative estimate of drug-likeness (QED) is 0.773. The molecule has 118 valence electrons. The van der Waals surface area contributed by atoms with Crippen molar-refractivity contribution in [1.82, 2.24) is 5.32 Å². The number of aryl methyl sites for hydroxylation is 3. The highest BCUT2D eigenvalue weighted by molar-refractivity contribution is 7.12. The van der Waals surface area contributed by atoms with Gasteiger partial charge in [0.15, 0.2) is 0 Å². The Morgan fingerprint density at radius 1 is 1.29 bits per heavy atom. The van der Waals surface area contributed by atoms with Crippen molar-refractivity contribution in [3.8, 4) is 0 Å². The molecule has 2 N–H and O–H groups in total. The Morgan fingerprint density at radius 3 is 2.48 bits per heavy atom. The molecule has 1 aromatic rings. The maximum Gasteiger partial charge on any atom is 0.303 e. The van der Waals surface area contributed by atoms with Crippen LogP contribution in [0.5, 0.6) is 0 Å². The van der Waals surface area contributed by atoms with Crippen molar-refractivity contribution in [3.63, 3.8) is 0 Å². The topological polar surface area (TPSA) is 66.4 Å². The van der Waals surface area contributed by atoms with E-state index in [-0.39, 0.29) is 12.3 Å². The third-order valence-corrected chi connectivity index (χ3v) is 4.44. The van der Waals surface area contributed by atoms with Gasteiger partial charge in [-0.1, -0.05) is 0 Å². The van der Waals surface area contributed by atoms with Gasteiger partial charge in [0.1, 0.15) is 0 Å². The highest BCUT2D eigenvalue weighted by Gasteiger charge is 2.21. The van der Waals surface area contributed by atoms with Gasteiger partial charge in [-0.3, -0.25) is 9.59 Å². The zero-order valence-electron chi connectivity index (χ0n) is 13.3. The Morgan fingerprint density at radius 2 is 1.95 bits per heavy atom. The third-order valence-electron chi connectivity index (χ3n) is 3.44. The number of carbonyl (C=O) groups excluding carboxylic acids is 1. The number of hydrogen-bond acceptors (Lipinski definition) is 3. The molecule has 1 heterocycles. The van der Waals surface area contributed by atoms with Gasteiger partial charge in [-0.25, -0.2) is 0 Å². The minimum atomic E-state index is -0.833. The largest absolute Gasteiger partial charge is 0.481 e. The molecule has 0 unspecified atom stereocenters. The average molecular weight is 311 g/mol. The molecular formula is C16H25NO3S. The third kappa shape index (κ3) is 6.76. The summed E-state index contributed by atoms with van der Waals surface area (Å²) in [5, 5.41) is 11.6. The Balaban J connectivity index is 2.33. The number of carbonyl (C=O) groups is 2. The van der Waals surface area contributed by atoms with E-state index in [2.05, 4.69) is 25.2 Å². The van der Waals surface area contributed by atoms with Crippen LogP contribution >= 0.6 is 11.3 Å². The Bertz CT molecular complexity index is 506. The smallest absolute Gasteiger partial charge is 0.303 e.